The molecule has 1 amide bonds. The molecule has 2 rings (SSSR count). The van der Waals surface area contributed by atoms with Crippen LogP contribution < -0.4 is 5.32 Å². The summed E-state index contributed by atoms with van der Waals surface area (Å²) in [6.45, 7) is 11.2. The van der Waals surface area contributed by atoms with Gasteiger partial charge in [-0.1, -0.05) is 53.9 Å². The summed E-state index contributed by atoms with van der Waals surface area (Å²) in [5.74, 6) is 2.09. The Labute approximate surface area is 130 Å². The van der Waals surface area contributed by atoms with Crippen molar-refractivity contribution in [3.63, 3.8) is 0 Å². The van der Waals surface area contributed by atoms with Crippen molar-refractivity contribution in [2.24, 2.45) is 17.8 Å². The number of hydrogen-bond acceptors (Lipinski definition) is 2. The maximum atomic E-state index is 13.0. The van der Waals surface area contributed by atoms with E-state index < -0.39 is 0 Å². The van der Waals surface area contributed by atoms with Gasteiger partial charge in [-0.3, -0.25) is 10.1 Å². The number of hydrogen-bond donors (Lipinski definition) is 1. The lowest BCUT2D eigenvalue weighted by molar-refractivity contribution is -0.134. The van der Waals surface area contributed by atoms with Crippen molar-refractivity contribution in [2.75, 3.05) is 0 Å². The number of amides is 1. The molecule has 122 valence electrons. The minimum Gasteiger partial charge on any atom is -0.323 e. The van der Waals surface area contributed by atoms with Crippen molar-refractivity contribution < 1.29 is 4.79 Å². The zero-order chi connectivity index (χ0) is 15.6. The van der Waals surface area contributed by atoms with Gasteiger partial charge < -0.3 is 4.90 Å². The van der Waals surface area contributed by atoms with Gasteiger partial charge in [0.05, 0.1) is 12.2 Å². The van der Waals surface area contributed by atoms with Gasteiger partial charge in [0.25, 0.3) is 0 Å². The van der Waals surface area contributed by atoms with Crippen molar-refractivity contribution in [2.45, 2.75) is 91.4 Å². The Morgan fingerprint density at radius 3 is 2.52 bits per heavy atom. The molecule has 1 aliphatic carbocycles. The fourth-order valence-corrected chi connectivity index (χ4v) is 3.94. The first-order chi connectivity index (χ1) is 9.95. The second-order valence-electron chi connectivity index (χ2n) is 7.73. The summed E-state index contributed by atoms with van der Waals surface area (Å²) in [5, 5.41) is 3.65. The van der Waals surface area contributed by atoms with E-state index in [0.717, 1.165) is 12.3 Å². The summed E-state index contributed by atoms with van der Waals surface area (Å²) in [6.07, 6.45) is 7.53. The third-order valence-electron chi connectivity index (χ3n) is 5.64. The fraction of sp³-hybridized carbons (Fsp3) is 0.944. The van der Waals surface area contributed by atoms with Crippen LogP contribution in [0.3, 0.4) is 0 Å². The molecule has 1 heterocycles. The molecule has 0 bridgehead atoms. The highest BCUT2D eigenvalue weighted by Gasteiger charge is 2.45. The quantitative estimate of drug-likeness (QED) is 0.800. The van der Waals surface area contributed by atoms with Crippen LogP contribution in [-0.2, 0) is 4.79 Å². The highest BCUT2D eigenvalue weighted by molar-refractivity contribution is 5.85. The Morgan fingerprint density at radius 1 is 1.19 bits per heavy atom. The van der Waals surface area contributed by atoms with E-state index in [9.17, 15) is 4.79 Å². The van der Waals surface area contributed by atoms with Gasteiger partial charge in [-0.05, 0) is 37.0 Å². The molecule has 3 nitrogen and oxygen atoms in total. The van der Waals surface area contributed by atoms with Crippen molar-refractivity contribution in [3.05, 3.63) is 0 Å². The highest BCUT2D eigenvalue weighted by Crippen LogP contribution is 2.32. The lowest BCUT2D eigenvalue weighted by Gasteiger charge is -2.34. The van der Waals surface area contributed by atoms with Crippen LogP contribution in [-0.4, -0.2) is 29.1 Å². The highest BCUT2D eigenvalue weighted by atomic mass is 16.2. The van der Waals surface area contributed by atoms with Gasteiger partial charge in [0.2, 0.25) is 5.91 Å². The van der Waals surface area contributed by atoms with Gasteiger partial charge in [-0.25, -0.2) is 0 Å². The first kappa shape index (κ1) is 16.8. The van der Waals surface area contributed by atoms with Crippen molar-refractivity contribution in [1.29, 1.82) is 0 Å². The van der Waals surface area contributed by atoms with Crippen LogP contribution in [0.2, 0.25) is 0 Å². The van der Waals surface area contributed by atoms with Crippen LogP contribution >= 0.6 is 0 Å². The number of carbonyl (C=O) groups excluding carboxylic acids is 1. The Kier molecular flexibility index (Phi) is 5.70. The smallest absolute Gasteiger partial charge is 0.241 e. The zero-order valence-electron chi connectivity index (χ0n) is 14.6. The van der Waals surface area contributed by atoms with E-state index in [-0.39, 0.29) is 12.2 Å². The predicted octanol–water partition coefficient (Wildman–Crippen LogP) is 3.78. The second-order valence-corrected chi connectivity index (χ2v) is 7.73. The molecule has 1 N–H and O–H groups in total. The first-order valence-electron chi connectivity index (χ1n) is 9.03. The van der Waals surface area contributed by atoms with Gasteiger partial charge in [-0.15, -0.1) is 0 Å². The molecule has 2 fully saturated rings. The van der Waals surface area contributed by atoms with Gasteiger partial charge in [-0.2, -0.15) is 0 Å². The minimum atomic E-state index is 0.0306. The molecular weight excluding hydrogens is 260 g/mol. The number of carbonyl (C=O) groups is 1. The molecular formula is C18H34N2O. The van der Waals surface area contributed by atoms with Crippen LogP contribution in [0.4, 0.5) is 0 Å². The molecule has 21 heavy (non-hydrogen) atoms. The van der Waals surface area contributed by atoms with Gasteiger partial charge >= 0.3 is 0 Å². The average Bonchev–Trinajstić information content (AvgIpc) is 2.64. The molecule has 0 aromatic rings. The van der Waals surface area contributed by atoms with E-state index in [0.29, 0.717) is 23.8 Å². The summed E-state index contributed by atoms with van der Waals surface area (Å²) in [6, 6.07) is 0.486. The van der Waals surface area contributed by atoms with E-state index in [1.807, 2.05) is 0 Å². The molecule has 0 spiro atoms. The molecule has 1 saturated heterocycles. The zero-order valence-corrected chi connectivity index (χ0v) is 14.6. The van der Waals surface area contributed by atoms with E-state index >= 15 is 0 Å². The molecule has 0 aromatic carbocycles. The van der Waals surface area contributed by atoms with Crippen LogP contribution in [0.15, 0.2) is 0 Å². The summed E-state index contributed by atoms with van der Waals surface area (Å²) in [7, 11) is 0. The van der Waals surface area contributed by atoms with Crippen LogP contribution in [0.25, 0.3) is 0 Å². The molecule has 1 aliphatic heterocycles. The van der Waals surface area contributed by atoms with Crippen LogP contribution in [0, 0.1) is 17.8 Å². The molecule has 0 aromatic heterocycles. The molecule has 0 radical (unpaired) electrons. The maximum Gasteiger partial charge on any atom is 0.241 e. The lowest BCUT2D eigenvalue weighted by Crippen LogP contribution is -2.47. The third-order valence-corrected chi connectivity index (χ3v) is 5.64. The molecule has 5 atom stereocenters. The SMILES string of the molecule is CCC(C)C1NC(C(C)C)N(C2CCCC(C)CC2)C1=O. The minimum absolute atomic E-state index is 0.0306. The predicted molar refractivity (Wildman–Crippen MR) is 87.9 cm³/mol. The first-order valence-corrected chi connectivity index (χ1v) is 9.03. The van der Waals surface area contributed by atoms with E-state index in [4.69, 9.17) is 0 Å². The second kappa shape index (κ2) is 7.13. The lowest BCUT2D eigenvalue weighted by atomic mass is 9.98. The van der Waals surface area contributed by atoms with E-state index in [1.54, 1.807) is 0 Å². The van der Waals surface area contributed by atoms with Crippen molar-refractivity contribution >= 4 is 5.91 Å². The molecule has 5 unspecified atom stereocenters. The Hall–Kier alpha value is -0.570. The van der Waals surface area contributed by atoms with Crippen LogP contribution in [0.5, 0.6) is 0 Å². The third kappa shape index (κ3) is 3.61. The topological polar surface area (TPSA) is 32.3 Å². The van der Waals surface area contributed by atoms with E-state index in [2.05, 4.69) is 44.8 Å². The Bertz CT molecular complexity index is 355. The largest absolute Gasteiger partial charge is 0.323 e. The van der Waals surface area contributed by atoms with E-state index in [1.165, 1.54) is 32.1 Å². The number of nitrogens with one attached hydrogen (secondary N) is 1. The summed E-state index contributed by atoms with van der Waals surface area (Å²) in [5.41, 5.74) is 0. The maximum absolute atomic E-state index is 13.0. The average molecular weight is 294 g/mol. The monoisotopic (exact) mass is 294 g/mol. The number of rotatable bonds is 4. The number of nitrogens with zero attached hydrogens (tertiary/aromatic N) is 1. The van der Waals surface area contributed by atoms with Gasteiger partial charge in [0.1, 0.15) is 0 Å². The van der Waals surface area contributed by atoms with Crippen molar-refractivity contribution in [3.8, 4) is 0 Å². The molecule has 1 saturated carbocycles. The Balaban J connectivity index is 2.15. The summed E-state index contributed by atoms with van der Waals surface area (Å²) < 4.78 is 0. The summed E-state index contributed by atoms with van der Waals surface area (Å²) in [4.78, 5) is 15.2. The normalized spacial score (nSPS) is 36.1. The van der Waals surface area contributed by atoms with Gasteiger partial charge in [0, 0.05) is 6.04 Å². The van der Waals surface area contributed by atoms with Crippen LogP contribution in [0.1, 0.15) is 73.1 Å². The van der Waals surface area contributed by atoms with Crippen molar-refractivity contribution in [1.82, 2.24) is 10.2 Å². The fourth-order valence-electron chi connectivity index (χ4n) is 3.94. The summed E-state index contributed by atoms with van der Waals surface area (Å²) >= 11 is 0. The standard InChI is InChI=1S/C18H34N2O/c1-6-14(5)16-18(21)20(17(19-16)12(2)3)15-9-7-8-13(4)10-11-15/h12-17,19H,6-11H2,1-5H3. The van der Waals surface area contributed by atoms with Gasteiger partial charge in [0.15, 0.2) is 0 Å². The molecule has 2 aliphatic rings. The Morgan fingerprint density at radius 2 is 1.90 bits per heavy atom. The molecule has 3 heteroatoms.